The van der Waals surface area contributed by atoms with Crippen LogP contribution < -0.4 is 0 Å². The van der Waals surface area contributed by atoms with Crippen LogP contribution in [0.5, 0.6) is 0 Å². The minimum atomic E-state index is -0.343. The zero-order valence-corrected chi connectivity index (χ0v) is 14.8. The number of benzene rings is 1. The second-order valence-corrected chi connectivity index (χ2v) is 6.65. The summed E-state index contributed by atoms with van der Waals surface area (Å²) < 4.78 is 13.0. The largest absolute Gasteiger partial charge is 0.367 e. The first-order chi connectivity index (χ1) is 11.5. The number of halogens is 3. The molecular weight excluding hydrogens is 346 g/mol. The van der Waals surface area contributed by atoms with Gasteiger partial charge >= 0.3 is 0 Å². The first kappa shape index (κ1) is 17.0. The maximum absolute atomic E-state index is 13.0. The normalized spacial score (nSPS) is 14.5. The molecule has 0 amide bonds. The van der Waals surface area contributed by atoms with Crippen molar-refractivity contribution in [3.8, 4) is 0 Å². The van der Waals surface area contributed by atoms with Gasteiger partial charge in [-0.15, -0.1) is 0 Å². The van der Waals surface area contributed by atoms with E-state index in [1.807, 2.05) is 25.1 Å². The Bertz CT molecular complexity index is 813. The molecule has 0 radical (unpaired) electrons. The van der Waals surface area contributed by atoms with Gasteiger partial charge in [-0.25, -0.2) is 4.39 Å². The molecule has 0 aliphatic carbocycles. The van der Waals surface area contributed by atoms with Crippen molar-refractivity contribution in [3.63, 3.8) is 0 Å². The predicted molar refractivity (Wildman–Crippen MR) is 97.6 cm³/mol. The van der Waals surface area contributed by atoms with Gasteiger partial charge in [0.2, 0.25) is 0 Å². The van der Waals surface area contributed by atoms with E-state index in [-0.39, 0.29) is 5.82 Å². The molecule has 2 aromatic rings. The van der Waals surface area contributed by atoms with E-state index in [2.05, 4.69) is 16.5 Å². The van der Waals surface area contributed by atoms with Crippen LogP contribution in [0.4, 0.5) is 4.39 Å². The lowest BCUT2D eigenvalue weighted by Crippen LogP contribution is -2.29. The van der Waals surface area contributed by atoms with E-state index >= 15 is 0 Å². The van der Waals surface area contributed by atoms with E-state index < -0.39 is 0 Å². The van der Waals surface area contributed by atoms with Crippen LogP contribution >= 0.6 is 23.2 Å². The molecule has 0 spiro atoms. The Morgan fingerprint density at radius 2 is 1.92 bits per heavy atom. The molecule has 0 N–H and O–H groups in total. The van der Waals surface area contributed by atoms with Crippen LogP contribution in [0.2, 0.25) is 10.0 Å². The molecule has 0 saturated carbocycles. The number of rotatable bonds is 3. The van der Waals surface area contributed by atoms with E-state index in [0.717, 1.165) is 51.1 Å². The number of aromatic nitrogens is 1. The van der Waals surface area contributed by atoms with Gasteiger partial charge in [-0.1, -0.05) is 29.8 Å². The number of pyridine rings is 1. The lowest BCUT2D eigenvalue weighted by Gasteiger charge is -2.32. The quantitative estimate of drug-likeness (QED) is 0.669. The van der Waals surface area contributed by atoms with E-state index in [4.69, 9.17) is 23.2 Å². The highest BCUT2D eigenvalue weighted by atomic mass is 35.5. The van der Waals surface area contributed by atoms with Crippen LogP contribution in [0.1, 0.15) is 23.7 Å². The van der Waals surface area contributed by atoms with Gasteiger partial charge in [-0.05, 0) is 60.4 Å². The van der Waals surface area contributed by atoms with Crippen molar-refractivity contribution in [3.05, 3.63) is 81.5 Å². The third kappa shape index (κ3) is 3.47. The Hall–Kier alpha value is -1.84. The SMILES string of the molecule is C=C(/C=C(\C)c1ccc(F)cn1)N1CCc2c(Cl)ccc(Cl)c2C1. The van der Waals surface area contributed by atoms with Gasteiger partial charge in [0.05, 0.1) is 11.9 Å². The van der Waals surface area contributed by atoms with Gasteiger partial charge < -0.3 is 4.90 Å². The van der Waals surface area contributed by atoms with Gasteiger partial charge in [0.25, 0.3) is 0 Å². The highest BCUT2D eigenvalue weighted by molar-refractivity contribution is 6.34. The predicted octanol–water partition coefficient (Wildman–Crippen LogP) is 5.50. The van der Waals surface area contributed by atoms with Gasteiger partial charge in [0, 0.05) is 28.8 Å². The maximum Gasteiger partial charge on any atom is 0.141 e. The maximum atomic E-state index is 13.0. The lowest BCUT2D eigenvalue weighted by molar-refractivity contribution is 0.334. The minimum absolute atomic E-state index is 0.343. The van der Waals surface area contributed by atoms with E-state index in [0.29, 0.717) is 6.54 Å². The Labute approximate surface area is 151 Å². The minimum Gasteiger partial charge on any atom is -0.367 e. The summed E-state index contributed by atoms with van der Waals surface area (Å²) in [4.78, 5) is 6.26. The van der Waals surface area contributed by atoms with Crippen LogP contribution in [-0.4, -0.2) is 16.4 Å². The molecule has 1 aromatic carbocycles. The molecule has 1 aromatic heterocycles. The molecule has 1 aliphatic rings. The molecule has 0 fully saturated rings. The Balaban J connectivity index is 1.80. The number of hydrogen-bond acceptors (Lipinski definition) is 2. The first-order valence-corrected chi connectivity index (χ1v) is 8.41. The van der Waals surface area contributed by atoms with Gasteiger partial charge in [0.1, 0.15) is 5.82 Å². The Morgan fingerprint density at radius 3 is 2.58 bits per heavy atom. The molecule has 0 atom stereocenters. The fourth-order valence-electron chi connectivity index (χ4n) is 2.86. The average Bonchev–Trinajstić information content (AvgIpc) is 2.58. The fraction of sp³-hybridized carbons (Fsp3) is 0.211. The fourth-order valence-corrected chi connectivity index (χ4v) is 3.37. The first-order valence-electron chi connectivity index (χ1n) is 7.65. The molecule has 2 heterocycles. The van der Waals surface area contributed by atoms with Crippen molar-refractivity contribution in [2.75, 3.05) is 6.54 Å². The monoisotopic (exact) mass is 362 g/mol. The zero-order chi connectivity index (χ0) is 17.3. The smallest absolute Gasteiger partial charge is 0.141 e. The molecule has 2 nitrogen and oxygen atoms in total. The van der Waals surface area contributed by atoms with Crippen molar-refractivity contribution < 1.29 is 4.39 Å². The van der Waals surface area contributed by atoms with Crippen molar-refractivity contribution in [2.24, 2.45) is 0 Å². The number of nitrogens with zero attached hydrogens (tertiary/aromatic N) is 2. The Morgan fingerprint density at radius 1 is 1.21 bits per heavy atom. The van der Waals surface area contributed by atoms with Crippen LogP contribution in [0, 0.1) is 5.82 Å². The third-order valence-electron chi connectivity index (χ3n) is 4.22. The third-order valence-corrected chi connectivity index (χ3v) is 4.93. The summed E-state index contributed by atoms with van der Waals surface area (Å²) in [5.41, 5.74) is 4.72. The highest BCUT2D eigenvalue weighted by Crippen LogP contribution is 2.33. The second kappa shape index (κ2) is 6.96. The van der Waals surface area contributed by atoms with Gasteiger partial charge in [0.15, 0.2) is 0 Å². The summed E-state index contributed by atoms with van der Waals surface area (Å²) in [5, 5.41) is 1.50. The summed E-state index contributed by atoms with van der Waals surface area (Å²) in [7, 11) is 0. The molecule has 124 valence electrons. The molecule has 1 aliphatic heterocycles. The summed E-state index contributed by atoms with van der Waals surface area (Å²) in [6.07, 6.45) is 4.01. The number of fused-ring (bicyclic) bond motifs is 1. The standard InChI is InChI=1S/C19H17Cl2FN2/c1-12(19-6-3-14(22)10-23-19)9-13(2)24-8-7-15-16(11-24)18(21)5-4-17(15)20/h3-6,9-10H,2,7-8,11H2,1H3/b12-9+. The molecule has 0 saturated heterocycles. The molecule has 5 heteroatoms. The summed E-state index contributed by atoms with van der Waals surface area (Å²) in [6, 6.07) is 6.74. The molecule has 0 unspecified atom stereocenters. The Kier molecular flexibility index (Phi) is 4.93. The van der Waals surface area contributed by atoms with Crippen molar-refractivity contribution in [2.45, 2.75) is 19.9 Å². The topological polar surface area (TPSA) is 16.1 Å². The second-order valence-electron chi connectivity index (χ2n) is 5.84. The molecule has 0 bridgehead atoms. The van der Waals surface area contributed by atoms with E-state index in [1.54, 1.807) is 6.07 Å². The molecular formula is C19H17Cl2FN2. The van der Waals surface area contributed by atoms with Gasteiger partial charge in [-0.3, -0.25) is 4.98 Å². The summed E-state index contributed by atoms with van der Waals surface area (Å²) >= 11 is 12.6. The van der Waals surface area contributed by atoms with Crippen molar-refractivity contribution >= 4 is 28.8 Å². The van der Waals surface area contributed by atoms with Crippen LogP contribution in [0.25, 0.3) is 5.57 Å². The summed E-state index contributed by atoms with van der Waals surface area (Å²) in [6.45, 7) is 7.60. The number of hydrogen-bond donors (Lipinski definition) is 0. The van der Waals surface area contributed by atoms with E-state index in [1.165, 1.54) is 12.3 Å². The average molecular weight is 363 g/mol. The van der Waals surface area contributed by atoms with Crippen LogP contribution in [-0.2, 0) is 13.0 Å². The van der Waals surface area contributed by atoms with Crippen LogP contribution in [0.3, 0.4) is 0 Å². The van der Waals surface area contributed by atoms with Crippen LogP contribution in [0.15, 0.2) is 48.8 Å². The molecule has 3 rings (SSSR count). The molecule has 24 heavy (non-hydrogen) atoms. The van der Waals surface area contributed by atoms with Crippen molar-refractivity contribution in [1.82, 2.24) is 9.88 Å². The lowest BCUT2D eigenvalue weighted by atomic mass is 9.99. The zero-order valence-electron chi connectivity index (χ0n) is 13.3. The van der Waals surface area contributed by atoms with E-state index in [9.17, 15) is 4.39 Å². The summed E-state index contributed by atoms with van der Waals surface area (Å²) in [5.74, 6) is -0.343. The van der Waals surface area contributed by atoms with Crippen molar-refractivity contribution in [1.29, 1.82) is 0 Å². The van der Waals surface area contributed by atoms with Gasteiger partial charge in [-0.2, -0.15) is 0 Å². The number of allylic oxidation sites excluding steroid dienone is 2. The highest BCUT2D eigenvalue weighted by Gasteiger charge is 2.21.